The fourth-order valence-corrected chi connectivity index (χ4v) is 3.31. The molecular weight excluding hydrogens is 405 g/mol. The van der Waals surface area contributed by atoms with Crippen LogP contribution in [0, 0.1) is 0 Å². The van der Waals surface area contributed by atoms with E-state index in [0.29, 0.717) is 26.9 Å². The van der Waals surface area contributed by atoms with Gasteiger partial charge in [-0.2, -0.15) is 0 Å². The van der Waals surface area contributed by atoms with Crippen LogP contribution in [-0.2, 0) is 5.41 Å². The number of anilines is 1. The second-order valence-electron chi connectivity index (χ2n) is 7.78. The zero-order valence-corrected chi connectivity index (χ0v) is 17.9. The van der Waals surface area contributed by atoms with Crippen LogP contribution in [0.4, 0.5) is 5.69 Å². The van der Waals surface area contributed by atoms with Crippen molar-refractivity contribution < 1.29 is 9.59 Å². The molecule has 0 atom stereocenters. The summed E-state index contributed by atoms with van der Waals surface area (Å²) in [6.45, 7) is 6.34. The van der Waals surface area contributed by atoms with Gasteiger partial charge in [0, 0.05) is 21.7 Å². The van der Waals surface area contributed by atoms with Crippen molar-refractivity contribution in [2.75, 3.05) is 5.32 Å². The van der Waals surface area contributed by atoms with Gasteiger partial charge in [0.1, 0.15) is 0 Å². The Kier molecular flexibility index (Phi) is 6.11. The number of nitrogens with one attached hydrogen (secondary N) is 1. The third-order valence-electron chi connectivity index (χ3n) is 4.61. The molecule has 5 heteroatoms. The number of amides is 1. The molecule has 0 fully saturated rings. The minimum Gasteiger partial charge on any atom is -0.321 e. The van der Waals surface area contributed by atoms with Crippen LogP contribution >= 0.6 is 23.2 Å². The van der Waals surface area contributed by atoms with Crippen LogP contribution in [0.2, 0.25) is 10.0 Å². The molecule has 1 N–H and O–H groups in total. The predicted molar refractivity (Wildman–Crippen MR) is 119 cm³/mol. The molecule has 3 rings (SSSR count). The Morgan fingerprint density at radius 3 is 2.10 bits per heavy atom. The van der Waals surface area contributed by atoms with Crippen LogP contribution in [0.25, 0.3) is 0 Å². The van der Waals surface area contributed by atoms with Crippen LogP contribution in [0.3, 0.4) is 0 Å². The van der Waals surface area contributed by atoms with Crippen LogP contribution in [0.15, 0.2) is 66.7 Å². The second-order valence-corrected chi connectivity index (χ2v) is 8.62. The topological polar surface area (TPSA) is 46.2 Å². The van der Waals surface area contributed by atoms with Gasteiger partial charge in [0.05, 0.1) is 10.7 Å². The molecule has 3 nitrogen and oxygen atoms in total. The highest BCUT2D eigenvalue weighted by Gasteiger charge is 2.19. The minimum atomic E-state index is -0.309. The monoisotopic (exact) mass is 425 g/mol. The standard InChI is InChI=1S/C24H21Cl2NO2/c1-24(2,3)16-10-8-15(9-11-16)23(29)27-21-13-12-17(25)14-19(21)22(28)18-6-4-5-7-20(18)26/h4-14H,1-3H3,(H,27,29). The Balaban J connectivity index is 1.91. The number of carbonyl (C=O) groups excluding carboxylic acids is 2. The highest BCUT2D eigenvalue weighted by Crippen LogP contribution is 2.27. The summed E-state index contributed by atoms with van der Waals surface area (Å²) in [4.78, 5) is 25.8. The van der Waals surface area contributed by atoms with E-state index in [9.17, 15) is 9.59 Å². The lowest BCUT2D eigenvalue weighted by Gasteiger charge is -2.19. The van der Waals surface area contributed by atoms with Crippen molar-refractivity contribution in [1.29, 1.82) is 0 Å². The Labute approximate surface area is 180 Å². The average Bonchev–Trinajstić information content (AvgIpc) is 2.68. The van der Waals surface area contributed by atoms with E-state index >= 15 is 0 Å². The summed E-state index contributed by atoms with van der Waals surface area (Å²) in [7, 11) is 0. The van der Waals surface area contributed by atoms with Crippen LogP contribution in [0.1, 0.15) is 52.6 Å². The van der Waals surface area contributed by atoms with E-state index in [1.807, 2.05) is 12.1 Å². The van der Waals surface area contributed by atoms with Gasteiger partial charge in [0.2, 0.25) is 0 Å². The number of hydrogen-bond donors (Lipinski definition) is 1. The van der Waals surface area contributed by atoms with Gasteiger partial charge in [-0.3, -0.25) is 9.59 Å². The van der Waals surface area contributed by atoms with Crippen molar-refractivity contribution in [1.82, 2.24) is 0 Å². The Morgan fingerprint density at radius 2 is 1.48 bits per heavy atom. The smallest absolute Gasteiger partial charge is 0.255 e. The number of carbonyl (C=O) groups is 2. The van der Waals surface area contributed by atoms with Crippen molar-refractivity contribution in [3.63, 3.8) is 0 Å². The van der Waals surface area contributed by atoms with Gasteiger partial charge in [-0.15, -0.1) is 0 Å². The molecule has 0 saturated carbocycles. The first-order valence-electron chi connectivity index (χ1n) is 9.17. The Hall–Kier alpha value is -2.62. The summed E-state index contributed by atoms with van der Waals surface area (Å²) in [6.07, 6.45) is 0. The summed E-state index contributed by atoms with van der Waals surface area (Å²) in [6, 6.07) is 19.0. The second kappa shape index (κ2) is 8.40. The largest absolute Gasteiger partial charge is 0.321 e. The first-order valence-corrected chi connectivity index (χ1v) is 9.93. The van der Waals surface area contributed by atoms with Gasteiger partial charge in [0.25, 0.3) is 5.91 Å². The molecule has 0 aliphatic heterocycles. The molecule has 0 heterocycles. The normalized spacial score (nSPS) is 11.2. The average molecular weight is 426 g/mol. The molecule has 0 unspecified atom stereocenters. The van der Waals surface area contributed by atoms with Gasteiger partial charge in [-0.1, -0.05) is 68.2 Å². The van der Waals surface area contributed by atoms with Crippen LogP contribution in [0.5, 0.6) is 0 Å². The van der Waals surface area contributed by atoms with Crippen molar-refractivity contribution in [3.05, 3.63) is 99.0 Å². The lowest BCUT2D eigenvalue weighted by molar-refractivity contribution is 0.102. The SMILES string of the molecule is CC(C)(C)c1ccc(C(=O)Nc2ccc(Cl)cc2C(=O)c2ccccc2Cl)cc1. The number of rotatable bonds is 4. The molecule has 29 heavy (non-hydrogen) atoms. The Bertz CT molecular complexity index is 1070. The van der Waals surface area contributed by atoms with Gasteiger partial charge in [-0.05, 0) is 53.4 Å². The molecule has 3 aromatic rings. The number of hydrogen-bond acceptors (Lipinski definition) is 2. The molecule has 3 aromatic carbocycles. The van der Waals surface area contributed by atoms with Gasteiger partial charge >= 0.3 is 0 Å². The fraction of sp³-hybridized carbons (Fsp3) is 0.167. The summed E-state index contributed by atoms with van der Waals surface area (Å²) >= 11 is 12.3. The quantitative estimate of drug-likeness (QED) is 0.468. The fourth-order valence-electron chi connectivity index (χ4n) is 2.92. The van der Waals surface area contributed by atoms with Crippen molar-refractivity contribution in [2.45, 2.75) is 26.2 Å². The third-order valence-corrected chi connectivity index (χ3v) is 5.17. The molecular formula is C24H21Cl2NO2. The number of ketones is 1. The molecule has 0 aliphatic rings. The molecule has 148 valence electrons. The van der Waals surface area contributed by atoms with E-state index in [2.05, 4.69) is 26.1 Å². The van der Waals surface area contributed by atoms with Crippen molar-refractivity contribution in [3.8, 4) is 0 Å². The molecule has 0 bridgehead atoms. The van der Waals surface area contributed by atoms with E-state index in [0.717, 1.165) is 5.56 Å². The van der Waals surface area contributed by atoms with E-state index in [-0.39, 0.29) is 22.7 Å². The molecule has 0 aromatic heterocycles. The zero-order valence-electron chi connectivity index (χ0n) is 16.4. The van der Waals surface area contributed by atoms with Crippen LogP contribution in [-0.4, -0.2) is 11.7 Å². The molecule has 0 spiro atoms. The molecule has 0 aliphatic carbocycles. The molecule has 0 saturated heterocycles. The van der Waals surface area contributed by atoms with E-state index in [1.165, 1.54) is 6.07 Å². The maximum atomic E-state index is 13.0. The zero-order chi connectivity index (χ0) is 21.2. The van der Waals surface area contributed by atoms with Crippen molar-refractivity contribution >= 4 is 40.6 Å². The lowest BCUT2D eigenvalue weighted by Crippen LogP contribution is -2.16. The Morgan fingerprint density at radius 1 is 0.828 bits per heavy atom. The predicted octanol–water partition coefficient (Wildman–Crippen LogP) is 6.77. The summed E-state index contributed by atoms with van der Waals surface area (Å²) in [5, 5.41) is 3.56. The van der Waals surface area contributed by atoms with Gasteiger partial charge in [0.15, 0.2) is 5.78 Å². The van der Waals surface area contributed by atoms with Crippen LogP contribution < -0.4 is 5.32 Å². The first-order chi connectivity index (χ1) is 13.7. The first kappa shape index (κ1) is 21.1. The van der Waals surface area contributed by atoms with E-state index in [4.69, 9.17) is 23.2 Å². The molecule has 1 amide bonds. The minimum absolute atomic E-state index is 0.000272. The van der Waals surface area contributed by atoms with Crippen molar-refractivity contribution in [2.24, 2.45) is 0 Å². The highest BCUT2D eigenvalue weighted by atomic mass is 35.5. The molecule has 0 radical (unpaired) electrons. The number of halogens is 2. The number of benzene rings is 3. The maximum Gasteiger partial charge on any atom is 0.255 e. The third kappa shape index (κ3) is 4.87. The summed E-state index contributed by atoms with van der Waals surface area (Å²) < 4.78 is 0. The van der Waals surface area contributed by atoms with E-state index in [1.54, 1.807) is 48.5 Å². The maximum absolute atomic E-state index is 13.0. The van der Waals surface area contributed by atoms with E-state index < -0.39 is 0 Å². The summed E-state index contributed by atoms with van der Waals surface area (Å²) in [5.74, 6) is -0.613. The summed E-state index contributed by atoms with van der Waals surface area (Å²) in [5.41, 5.74) is 2.65. The van der Waals surface area contributed by atoms with Gasteiger partial charge < -0.3 is 5.32 Å². The van der Waals surface area contributed by atoms with Gasteiger partial charge in [-0.25, -0.2) is 0 Å². The highest BCUT2D eigenvalue weighted by molar-refractivity contribution is 6.36. The lowest BCUT2D eigenvalue weighted by atomic mass is 9.86.